The van der Waals surface area contributed by atoms with E-state index >= 15 is 0 Å². The minimum absolute atomic E-state index is 0.00288. The van der Waals surface area contributed by atoms with E-state index in [-0.39, 0.29) is 11.6 Å². The number of para-hydroxylation sites is 1. The number of nitrogens with one attached hydrogen (secondary N) is 1. The number of ether oxygens (including phenoxy) is 2. The maximum Gasteiger partial charge on any atom is 0.266 e. The van der Waals surface area contributed by atoms with Gasteiger partial charge in [-0.15, -0.1) is 0 Å². The van der Waals surface area contributed by atoms with Crippen LogP contribution in [0.4, 0.5) is 10.2 Å². The Labute approximate surface area is 167 Å². The summed E-state index contributed by atoms with van der Waals surface area (Å²) in [6, 6.07) is 13.0. The predicted octanol–water partition coefficient (Wildman–Crippen LogP) is 4.24. The molecule has 0 bridgehead atoms. The van der Waals surface area contributed by atoms with E-state index in [1.165, 1.54) is 12.1 Å². The topological polar surface area (TPSA) is 86.5 Å². The molecule has 1 heterocycles. The molecule has 8 heteroatoms. The molecule has 0 aliphatic carbocycles. The molecule has 1 atom stereocenters. The van der Waals surface area contributed by atoms with Crippen LogP contribution in [0.5, 0.6) is 11.5 Å². The zero-order valence-electron chi connectivity index (χ0n) is 15.8. The maximum absolute atomic E-state index is 13.8. The van der Waals surface area contributed by atoms with Crippen LogP contribution in [-0.4, -0.2) is 28.9 Å². The van der Waals surface area contributed by atoms with Gasteiger partial charge in [0.2, 0.25) is 5.82 Å². The van der Waals surface area contributed by atoms with E-state index < -0.39 is 17.8 Å². The van der Waals surface area contributed by atoms with Gasteiger partial charge in [-0.25, -0.2) is 9.02 Å². The molecule has 0 aliphatic heterocycles. The Balaban J connectivity index is 1.72. The molecule has 0 fully saturated rings. The van der Waals surface area contributed by atoms with E-state index in [2.05, 4.69) is 22.2 Å². The molecule has 0 unspecified atom stereocenters. The van der Waals surface area contributed by atoms with Gasteiger partial charge in [0.15, 0.2) is 23.4 Å². The summed E-state index contributed by atoms with van der Waals surface area (Å²) in [7, 11) is 0. The first kappa shape index (κ1) is 20.1. The summed E-state index contributed by atoms with van der Waals surface area (Å²) in [5.74, 6) is -0.214. The monoisotopic (exact) mass is 397 g/mol. The van der Waals surface area contributed by atoms with Crippen LogP contribution < -0.4 is 14.8 Å². The molecular formula is C21H20FN3O4. The first-order chi connectivity index (χ1) is 14.1. The van der Waals surface area contributed by atoms with Crippen molar-refractivity contribution in [1.82, 2.24) is 10.3 Å². The molecule has 0 spiro atoms. The van der Waals surface area contributed by atoms with Gasteiger partial charge in [-0.1, -0.05) is 31.7 Å². The summed E-state index contributed by atoms with van der Waals surface area (Å²) in [4.78, 5) is 12.6. The number of rotatable bonds is 9. The summed E-state index contributed by atoms with van der Waals surface area (Å²) in [6.07, 6.45) is 1.07. The number of halogens is 1. The van der Waals surface area contributed by atoms with Crippen LogP contribution >= 0.6 is 0 Å². The number of benzene rings is 2. The van der Waals surface area contributed by atoms with Crippen molar-refractivity contribution in [2.75, 3.05) is 11.9 Å². The van der Waals surface area contributed by atoms with Gasteiger partial charge in [0, 0.05) is 5.56 Å². The third-order valence-electron chi connectivity index (χ3n) is 3.99. The van der Waals surface area contributed by atoms with E-state index in [4.69, 9.17) is 14.1 Å². The summed E-state index contributed by atoms with van der Waals surface area (Å²) in [6.45, 7) is 5.75. The third-order valence-corrected chi connectivity index (χ3v) is 3.99. The maximum atomic E-state index is 13.8. The van der Waals surface area contributed by atoms with Crippen LogP contribution in [0.1, 0.15) is 13.3 Å². The van der Waals surface area contributed by atoms with Gasteiger partial charge in [-0.2, -0.15) is 0 Å². The highest BCUT2D eigenvalue weighted by Gasteiger charge is 2.23. The molecule has 1 amide bonds. The van der Waals surface area contributed by atoms with Gasteiger partial charge in [-0.3, -0.25) is 4.79 Å². The zero-order chi connectivity index (χ0) is 20.6. The predicted molar refractivity (Wildman–Crippen MR) is 105 cm³/mol. The molecule has 1 aromatic heterocycles. The normalized spacial score (nSPS) is 11.5. The summed E-state index contributed by atoms with van der Waals surface area (Å²) in [5, 5.41) is 10.2. The van der Waals surface area contributed by atoms with Crippen molar-refractivity contribution in [1.29, 1.82) is 0 Å². The Bertz CT molecular complexity index is 972. The van der Waals surface area contributed by atoms with Gasteiger partial charge in [0.1, 0.15) is 12.4 Å². The fourth-order valence-corrected chi connectivity index (χ4v) is 2.54. The molecule has 3 aromatic rings. The van der Waals surface area contributed by atoms with Crippen molar-refractivity contribution >= 4 is 11.7 Å². The number of amides is 1. The van der Waals surface area contributed by atoms with Crippen molar-refractivity contribution in [3.63, 3.8) is 0 Å². The van der Waals surface area contributed by atoms with Gasteiger partial charge < -0.3 is 14.8 Å². The number of carbonyl (C=O) groups is 1. The first-order valence-electron chi connectivity index (χ1n) is 9.01. The molecule has 7 nitrogen and oxygen atoms in total. The summed E-state index contributed by atoms with van der Waals surface area (Å²) in [5.41, 5.74) is 1.03. The van der Waals surface area contributed by atoms with Crippen molar-refractivity contribution in [2.45, 2.75) is 19.4 Å². The van der Waals surface area contributed by atoms with E-state index in [1.807, 2.05) is 0 Å². The highest BCUT2D eigenvalue weighted by molar-refractivity contribution is 5.96. The molecule has 1 N–H and O–H groups in total. The van der Waals surface area contributed by atoms with Crippen LogP contribution in [-0.2, 0) is 4.79 Å². The van der Waals surface area contributed by atoms with Gasteiger partial charge in [0.05, 0.1) is 0 Å². The minimum Gasteiger partial charge on any atom is -0.490 e. The fourth-order valence-electron chi connectivity index (χ4n) is 2.54. The average Bonchev–Trinajstić information content (AvgIpc) is 3.20. The number of nitrogens with zero attached hydrogens (tertiary/aromatic N) is 2. The number of hydrogen-bond donors (Lipinski definition) is 1. The van der Waals surface area contributed by atoms with E-state index in [0.29, 0.717) is 30.0 Å². The largest absolute Gasteiger partial charge is 0.490 e. The minimum atomic E-state index is -0.911. The highest BCUT2D eigenvalue weighted by atomic mass is 19.1. The average molecular weight is 397 g/mol. The Morgan fingerprint density at radius 2 is 2.00 bits per heavy atom. The van der Waals surface area contributed by atoms with Crippen molar-refractivity contribution < 1.29 is 23.3 Å². The first-order valence-corrected chi connectivity index (χ1v) is 9.01. The van der Waals surface area contributed by atoms with Gasteiger partial charge in [-0.05, 0) is 53.1 Å². The lowest BCUT2D eigenvalue weighted by Gasteiger charge is -2.17. The molecule has 150 valence electrons. The second-order valence-corrected chi connectivity index (χ2v) is 6.02. The number of carbonyl (C=O) groups excluding carboxylic acids is 1. The second-order valence-electron chi connectivity index (χ2n) is 6.02. The molecule has 3 rings (SSSR count). The lowest BCUT2D eigenvalue weighted by molar-refractivity contribution is -0.122. The Hall–Kier alpha value is -3.68. The SMILES string of the molecule is C=CCOc1ccc(-c2nonc2NC(=O)[C@H](CC)Oc2ccccc2F)cc1. The van der Waals surface area contributed by atoms with E-state index in [1.54, 1.807) is 49.4 Å². The van der Waals surface area contributed by atoms with Crippen LogP contribution in [0, 0.1) is 5.82 Å². The lowest BCUT2D eigenvalue weighted by Crippen LogP contribution is -2.32. The Kier molecular flexibility index (Phi) is 6.57. The summed E-state index contributed by atoms with van der Waals surface area (Å²) >= 11 is 0. The fraction of sp³-hybridized carbons (Fsp3) is 0.190. The van der Waals surface area contributed by atoms with Gasteiger partial charge in [0.25, 0.3) is 5.91 Å². The lowest BCUT2D eigenvalue weighted by atomic mass is 10.1. The molecule has 29 heavy (non-hydrogen) atoms. The van der Waals surface area contributed by atoms with Crippen molar-refractivity contribution in [2.24, 2.45) is 0 Å². The highest BCUT2D eigenvalue weighted by Crippen LogP contribution is 2.27. The van der Waals surface area contributed by atoms with Crippen LogP contribution in [0.25, 0.3) is 11.3 Å². The molecule has 0 aliphatic rings. The van der Waals surface area contributed by atoms with Crippen LogP contribution in [0.15, 0.2) is 65.8 Å². The second kappa shape index (κ2) is 9.50. The van der Waals surface area contributed by atoms with Crippen LogP contribution in [0.3, 0.4) is 0 Å². The van der Waals surface area contributed by atoms with E-state index in [9.17, 15) is 9.18 Å². The quantitative estimate of drug-likeness (QED) is 0.544. The zero-order valence-corrected chi connectivity index (χ0v) is 15.8. The smallest absolute Gasteiger partial charge is 0.266 e. The third kappa shape index (κ3) is 4.98. The van der Waals surface area contributed by atoms with Gasteiger partial charge >= 0.3 is 0 Å². The molecule has 0 radical (unpaired) electrons. The van der Waals surface area contributed by atoms with Crippen LogP contribution in [0.2, 0.25) is 0 Å². The van der Waals surface area contributed by atoms with E-state index in [0.717, 1.165) is 0 Å². The number of aromatic nitrogens is 2. The molecular weight excluding hydrogens is 377 g/mol. The molecule has 2 aromatic carbocycles. The standard InChI is InChI=1S/C21H20FN3O4/c1-3-13-27-15-11-9-14(10-12-15)19-20(25-29-24-19)23-21(26)17(4-2)28-18-8-6-5-7-16(18)22/h3,5-12,17H,1,4,13H2,2H3,(H,23,25,26)/t17-/m0/s1. The van der Waals surface area contributed by atoms with Crippen molar-refractivity contribution in [3.8, 4) is 22.8 Å². The number of hydrogen-bond acceptors (Lipinski definition) is 6. The van der Waals surface area contributed by atoms with Crippen molar-refractivity contribution in [3.05, 3.63) is 67.0 Å². The Morgan fingerprint density at radius 3 is 2.69 bits per heavy atom. The number of anilines is 1. The Morgan fingerprint density at radius 1 is 1.24 bits per heavy atom. The molecule has 0 saturated carbocycles. The summed E-state index contributed by atoms with van der Waals surface area (Å²) < 4.78 is 29.6. The molecule has 0 saturated heterocycles.